The predicted molar refractivity (Wildman–Crippen MR) is 88.9 cm³/mol. The van der Waals surface area contributed by atoms with Crippen LogP contribution in [0.15, 0.2) is 30.9 Å². The van der Waals surface area contributed by atoms with E-state index in [0.717, 1.165) is 0 Å². The Hall–Kier alpha value is -2.94. The first kappa shape index (κ1) is 17.9. The molecular weight excluding hydrogens is 346 g/mol. The fourth-order valence-corrected chi connectivity index (χ4v) is 2.83. The second-order valence-electron chi connectivity index (χ2n) is 5.68. The van der Waals surface area contributed by atoms with Crippen LogP contribution in [-0.4, -0.2) is 44.3 Å². The second kappa shape index (κ2) is 7.12. The summed E-state index contributed by atoms with van der Waals surface area (Å²) in [6.45, 7) is 1.25. The highest BCUT2D eigenvalue weighted by Gasteiger charge is 2.26. The molecule has 3 rings (SSSR count). The minimum Gasteiger partial charge on any atom is -0.465 e. The molecule has 3 aromatic rings. The lowest BCUT2D eigenvalue weighted by Gasteiger charge is -2.17. The summed E-state index contributed by atoms with van der Waals surface area (Å²) in [4.78, 5) is 23.9. The van der Waals surface area contributed by atoms with Gasteiger partial charge in [-0.05, 0) is 19.1 Å². The number of rotatable bonds is 5. The number of fused-ring (bicyclic) bond motifs is 1. The van der Waals surface area contributed by atoms with E-state index in [0.29, 0.717) is 16.6 Å². The normalized spacial score (nSPS) is 12.5. The average Bonchev–Trinajstić information content (AvgIpc) is 3.06. The molecule has 0 amide bonds. The van der Waals surface area contributed by atoms with Crippen molar-refractivity contribution >= 4 is 17.0 Å². The van der Waals surface area contributed by atoms with Crippen LogP contribution in [-0.2, 0) is 4.74 Å². The quantitative estimate of drug-likeness (QED) is 0.702. The zero-order valence-electron chi connectivity index (χ0n) is 14.1. The number of halogens is 2. The van der Waals surface area contributed by atoms with Crippen LogP contribution >= 0.6 is 0 Å². The van der Waals surface area contributed by atoms with E-state index in [1.165, 1.54) is 42.5 Å². The minimum absolute atomic E-state index is 0.168. The average molecular weight is 362 g/mol. The first-order valence-electron chi connectivity index (χ1n) is 7.76. The van der Waals surface area contributed by atoms with Crippen LogP contribution in [0, 0.1) is 0 Å². The van der Waals surface area contributed by atoms with Crippen molar-refractivity contribution < 1.29 is 23.4 Å². The van der Waals surface area contributed by atoms with Gasteiger partial charge in [0, 0.05) is 23.5 Å². The summed E-state index contributed by atoms with van der Waals surface area (Å²) in [6.07, 6.45) is 1.50. The topological polar surface area (TPSA) is 90.1 Å². The molecule has 0 fully saturated rings. The number of aliphatic hydroxyl groups is 1. The smallest absolute Gasteiger partial charge is 0.337 e. The molecule has 9 heteroatoms. The van der Waals surface area contributed by atoms with E-state index in [4.69, 9.17) is 4.74 Å². The maximum atomic E-state index is 13.5. The van der Waals surface area contributed by atoms with Gasteiger partial charge >= 0.3 is 5.97 Å². The predicted octanol–water partition coefficient (Wildman–Crippen LogP) is 2.77. The van der Waals surface area contributed by atoms with Crippen molar-refractivity contribution in [1.82, 2.24) is 19.5 Å². The van der Waals surface area contributed by atoms with E-state index in [1.807, 2.05) is 0 Å². The lowest BCUT2D eigenvalue weighted by atomic mass is 10.0. The van der Waals surface area contributed by atoms with Crippen LogP contribution in [0.5, 0.6) is 0 Å². The van der Waals surface area contributed by atoms with Crippen LogP contribution in [0.2, 0.25) is 0 Å². The molecule has 0 unspecified atom stereocenters. The standard InChI is InChI=1S/C17H16F2N4O3/c1-9(7-24)23-14-12(11-5-20-8-21-6-11)3-10(17(25)26-2)4-13(14)22-16(23)15(18)19/h3-6,8-9,15,24H,7H2,1-2H3/t9-/m1/s1. The summed E-state index contributed by atoms with van der Waals surface area (Å²) in [5.74, 6) is -1.10. The van der Waals surface area contributed by atoms with Gasteiger partial charge in [0.1, 0.15) is 6.33 Å². The van der Waals surface area contributed by atoms with E-state index in [-0.39, 0.29) is 17.7 Å². The number of aromatic nitrogens is 4. The van der Waals surface area contributed by atoms with Gasteiger partial charge in [-0.25, -0.2) is 28.5 Å². The Morgan fingerprint density at radius 3 is 2.58 bits per heavy atom. The molecule has 2 heterocycles. The first-order chi connectivity index (χ1) is 12.5. The largest absolute Gasteiger partial charge is 0.465 e. The Bertz CT molecular complexity index is 944. The molecule has 7 nitrogen and oxygen atoms in total. The third-order valence-electron chi connectivity index (χ3n) is 4.01. The number of carbonyl (C=O) groups excluding carboxylic acids is 1. The molecule has 136 valence electrons. The monoisotopic (exact) mass is 362 g/mol. The number of hydrogen-bond acceptors (Lipinski definition) is 6. The molecule has 0 aliphatic heterocycles. The summed E-state index contributed by atoms with van der Waals surface area (Å²) in [5, 5.41) is 9.52. The van der Waals surface area contributed by atoms with Crippen molar-refractivity contribution in [2.24, 2.45) is 0 Å². The Balaban J connectivity index is 2.42. The van der Waals surface area contributed by atoms with E-state index >= 15 is 0 Å². The number of benzene rings is 1. The van der Waals surface area contributed by atoms with Gasteiger partial charge in [-0.3, -0.25) is 0 Å². The van der Waals surface area contributed by atoms with Crippen molar-refractivity contribution in [3.8, 4) is 11.1 Å². The van der Waals surface area contributed by atoms with Gasteiger partial charge in [-0.1, -0.05) is 0 Å². The summed E-state index contributed by atoms with van der Waals surface area (Å²) < 4.78 is 33.1. The third kappa shape index (κ3) is 3.01. The maximum Gasteiger partial charge on any atom is 0.337 e. The first-order valence-corrected chi connectivity index (χ1v) is 7.76. The van der Waals surface area contributed by atoms with E-state index in [9.17, 15) is 18.7 Å². The van der Waals surface area contributed by atoms with Gasteiger partial charge in [0.25, 0.3) is 6.43 Å². The number of alkyl halides is 2. The number of methoxy groups -OCH3 is 1. The fourth-order valence-electron chi connectivity index (χ4n) is 2.83. The zero-order valence-corrected chi connectivity index (χ0v) is 14.1. The molecular formula is C17H16F2N4O3. The number of esters is 1. The van der Waals surface area contributed by atoms with Gasteiger partial charge in [0.15, 0.2) is 5.82 Å². The molecule has 1 N–H and O–H groups in total. The SMILES string of the molecule is COC(=O)c1cc(-c2cncnc2)c2c(c1)nc(C(F)F)n2[C@H](C)CO. The van der Waals surface area contributed by atoms with Gasteiger partial charge in [0.05, 0.1) is 36.4 Å². The van der Waals surface area contributed by atoms with Crippen molar-refractivity contribution in [1.29, 1.82) is 0 Å². The minimum atomic E-state index is -2.85. The number of hydrogen-bond donors (Lipinski definition) is 1. The molecule has 0 bridgehead atoms. The van der Waals surface area contributed by atoms with Crippen LogP contribution in [0.4, 0.5) is 8.78 Å². The van der Waals surface area contributed by atoms with E-state index in [1.54, 1.807) is 6.92 Å². The lowest BCUT2D eigenvalue weighted by Crippen LogP contribution is -2.13. The third-order valence-corrected chi connectivity index (χ3v) is 4.01. The number of nitrogens with zero attached hydrogens (tertiary/aromatic N) is 4. The van der Waals surface area contributed by atoms with Crippen molar-refractivity contribution in [3.05, 3.63) is 42.2 Å². The number of imidazole rings is 1. The molecule has 0 aliphatic rings. The number of aliphatic hydroxyl groups excluding tert-OH is 1. The molecule has 1 atom stereocenters. The molecule has 0 saturated carbocycles. The Labute approximate surface area is 147 Å². The highest BCUT2D eigenvalue weighted by molar-refractivity contribution is 6.00. The molecule has 0 aliphatic carbocycles. The maximum absolute atomic E-state index is 13.5. The second-order valence-corrected chi connectivity index (χ2v) is 5.68. The fraction of sp³-hybridized carbons (Fsp3) is 0.294. The summed E-state index contributed by atoms with van der Waals surface area (Å²) in [7, 11) is 1.23. The summed E-state index contributed by atoms with van der Waals surface area (Å²) in [5.41, 5.74) is 1.70. The molecule has 0 radical (unpaired) electrons. The number of ether oxygens (including phenoxy) is 1. The summed E-state index contributed by atoms with van der Waals surface area (Å²) in [6, 6.07) is 2.27. The Kier molecular flexibility index (Phi) is 4.90. The van der Waals surface area contributed by atoms with Crippen LogP contribution in [0.1, 0.15) is 35.6 Å². The molecule has 1 aromatic carbocycles. The van der Waals surface area contributed by atoms with Gasteiger partial charge in [0.2, 0.25) is 0 Å². The van der Waals surface area contributed by atoms with Crippen molar-refractivity contribution in [2.45, 2.75) is 19.4 Å². The van der Waals surface area contributed by atoms with Crippen LogP contribution in [0.3, 0.4) is 0 Å². The summed E-state index contributed by atoms with van der Waals surface area (Å²) >= 11 is 0. The molecule has 0 saturated heterocycles. The van der Waals surface area contributed by atoms with Gasteiger partial charge in [-0.15, -0.1) is 0 Å². The highest BCUT2D eigenvalue weighted by Crippen LogP contribution is 2.35. The number of carbonyl (C=O) groups is 1. The van der Waals surface area contributed by atoms with Gasteiger partial charge in [-0.2, -0.15) is 0 Å². The van der Waals surface area contributed by atoms with E-state index < -0.39 is 24.3 Å². The molecule has 0 spiro atoms. The Morgan fingerprint density at radius 1 is 1.31 bits per heavy atom. The molecule has 26 heavy (non-hydrogen) atoms. The van der Waals surface area contributed by atoms with E-state index in [2.05, 4.69) is 15.0 Å². The van der Waals surface area contributed by atoms with Crippen LogP contribution in [0.25, 0.3) is 22.2 Å². The van der Waals surface area contributed by atoms with Crippen molar-refractivity contribution in [3.63, 3.8) is 0 Å². The highest BCUT2D eigenvalue weighted by atomic mass is 19.3. The molecule has 2 aromatic heterocycles. The van der Waals surface area contributed by atoms with Gasteiger partial charge < -0.3 is 14.4 Å². The zero-order chi connectivity index (χ0) is 18.8. The van der Waals surface area contributed by atoms with Crippen molar-refractivity contribution in [2.75, 3.05) is 13.7 Å². The lowest BCUT2D eigenvalue weighted by molar-refractivity contribution is 0.0601. The van der Waals surface area contributed by atoms with Crippen LogP contribution < -0.4 is 0 Å². The Morgan fingerprint density at radius 2 is 2.00 bits per heavy atom.